The van der Waals surface area contributed by atoms with Gasteiger partial charge in [0.1, 0.15) is 0 Å². The number of hydrogen-bond acceptors (Lipinski definition) is 2. The van der Waals surface area contributed by atoms with Crippen molar-refractivity contribution in [1.29, 1.82) is 0 Å². The number of fused-ring (bicyclic) bond motifs is 1. The Kier molecular flexibility index (Phi) is 4.15. The molecular weight excluding hydrogens is 262 g/mol. The second kappa shape index (κ2) is 5.66. The maximum Gasteiger partial charge on any atom is 0.308 e. The Bertz CT molecular complexity index is 603. The van der Waals surface area contributed by atoms with Gasteiger partial charge >= 0.3 is 5.97 Å². The third-order valence-electron chi connectivity index (χ3n) is 3.42. The summed E-state index contributed by atoms with van der Waals surface area (Å²) in [5.74, 6) is -0.341. The van der Waals surface area contributed by atoms with E-state index >= 15 is 0 Å². The van der Waals surface area contributed by atoms with Crippen LogP contribution in [-0.2, 0) is 22.4 Å². The summed E-state index contributed by atoms with van der Waals surface area (Å²) in [6.45, 7) is 3.98. The molecule has 2 rings (SSSR count). The first kappa shape index (κ1) is 13.9. The molecule has 102 valence electrons. The molecule has 1 heterocycles. The van der Waals surface area contributed by atoms with Crippen molar-refractivity contribution < 1.29 is 9.53 Å². The normalized spacial score (nSPS) is 12.6. The lowest BCUT2D eigenvalue weighted by Crippen LogP contribution is -2.15. The fourth-order valence-electron chi connectivity index (χ4n) is 2.40. The molecule has 0 amide bonds. The van der Waals surface area contributed by atoms with Gasteiger partial charge in [0.2, 0.25) is 0 Å². The van der Waals surface area contributed by atoms with Crippen LogP contribution in [0.1, 0.15) is 25.1 Å². The highest BCUT2D eigenvalue weighted by Crippen LogP contribution is 2.28. The summed E-state index contributed by atoms with van der Waals surface area (Å²) in [4.78, 5) is 15.0. The smallest absolute Gasteiger partial charge is 0.308 e. The molecular formula is C15H18ClNO2. The third kappa shape index (κ3) is 2.76. The molecule has 0 saturated heterocycles. The number of nitrogens with one attached hydrogen (secondary N) is 1. The van der Waals surface area contributed by atoms with Crippen LogP contribution in [0.4, 0.5) is 0 Å². The summed E-state index contributed by atoms with van der Waals surface area (Å²) in [6.07, 6.45) is 1.56. The number of carbonyl (C=O) groups excluding carboxylic acids is 1. The predicted octanol–water partition coefficient (Wildman–Crippen LogP) is 3.74. The van der Waals surface area contributed by atoms with Gasteiger partial charge in [-0.2, -0.15) is 0 Å². The average Bonchev–Trinajstić information content (AvgIpc) is 2.75. The van der Waals surface area contributed by atoms with E-state index in [9.17, 15) is 4.79 Å². The largest absolute Gasteiger partial charge is 0.469 e. The zero-order valence-electron chi connectivity index (χ0n) is 11.4. The summed E-state index contributed by atoms with van der Waals surface area (Å²) in [7, 11) is 1.42. The number of ether oxygens (including phenoxy) is 1. The molecule has 3 nitrogen and oxygen atoms in total. The molecule has 2 aromatic rings. The van der Waals surface area contributed by atoms with Crippen LogP contribution in [0.2, 0.25) is 5.02 Å². The van der Waals surface area contributed by atoms with E-state index in [-0.39, 0.29) is 11.9 Å². The minimum atomic E-state index is -0.182. The van der Waals surface area contributed by atoms with Gasteiger partial charge in [0, 0.05) is 21.6 Å². The predicted molar refractivity (Wildman–Crippen MR) is 77.6 cm³/mol. The van der Waals surface area contributed by atoms with Crippen LogP contribution in [0.25, 0.3) is 10.9 Å². The Labute approximate surface area is 117 Å². The lowest BCUT2D eigenvalue weighted by atomic mass is 9.97. The van der Waals surface area contributed by atoms with Crippen LogP contribution < -0.4 is 0 Å². The number of carbonyl (C=O) groups is 1. The van der Waals surface area contributed by atoms with Crippen molar-refractivity contribution in [3.8, 4) is 0 Å². The zero-order chi connectivity index (χ0) is 14.0. The molecule has 0 aliphatic heterocycles. The number of halogens is 1. The summed E-state index contributed by atoms with van der Waals surface area (Å²) in [5.41, 5.74) is 3.39. The number of methoxy groups -OCH3 is 1. The van der Waals surface area contributed by atoms with E-state index in [0.717, 1.165) is 28.6 Å². The van der Waals surface area contributed by atoms with Gasteiger partial charge in [-0.25, -0.2) is 0 Å². The first-order chi connectivity index (χ1) is 9.06. The Morgan fingerprint density at radius 3 is 2.84 bits per heavy atom. The van der Waals surface area contributed by atoms with Crippen molar-refractivity contribution in [2.24, 2.45) is 5.92 Å². The fourth-order valence-corrected chi connectivity index (χ4v) is 2.57. The summed E-state index contributed by atoms with van der Waals surface area (Å²) in [6, 6.07) is 5.79. The fraction of sp³-hybridized carbons (Fsp3) is 0.400. The topological polar surface area (TPSA) is 42.1 Å². The number of hydrogen-bond donors (Lipinski definition) is 1. The molecule has 0 aliphatic carbocycles. The highest BCUT2D eigenvalue weighted by Gasteiger charge is 2.18. The number of aromatic amines is 1. The molecule has 0 aliphatic rings. The monoisotopic (exact) mass is 279 g/mol. The standard InChI is InChI=1S/C15H18ClNO2/c1-4-13-11(7-9(2)15(18)19-3)12-8-10(16)5-6-14(12)17-13/h5-6,8-9,17H,4,7H2,1-3H3. The molecule has 1 N–H and O–H groups in total. The van der Waals surface area contributed by atoms with Crippen molar-refractivity contribution in [3.63, 3.8) is 0 Å². The van der Waals surface area contributed by atoms with Crippen LogP contribution >= 0.6 is 11.6 Å². The van der Waals surface area contributed by atoms with Crippen molar-refractivity contribution in [1.82, 2.24) is 4.98 Å². The van der Waals surface area contributed by atoms with E-state index in [1.165, 1.54) is 7.11 Å². The number of aryl methyl sites for hydroxylation is 1. The summed E-state index contributed by atoms with van der Waals surface area (Å²) in [5, 5.41) is 1.81. The Balaban J connectivity index is 2.45. The van der Waals surface area contributed by atoms with E-state index in [0.29, 0.717) is 11.4 Å². The summed E-state index contributed by atoms with van der Waals surface area (Å²) >= 11 is 6.06. The van der Waals surface area contributed by atoms with Crippen molar-refractivity contribution in [2.75, 3.05) is 7.11 Å². The number of H-pyrrole nitrogens is 1. The quantitative estimate of drug-likeness (QED) is 0.867. The van der Waals surface area contributed by atoms with E-state index in [1.54, 1.807) is 0 Å². The molecule has 0 spiro atoms. The second-order valence-corrected chi connectivity index (χ2v) is 5.19. The first-order valence-electron chi connectivity index (χ1n) is 6.43. The molecule has 19 heavy (non-hydrogen) atoms. The molecule has 1 unspecified atom stereocenters. The molecule has 1 atom stereocenters. The number of esters is 1. The van der Waals surface area contributed by atoms with E-state index in [2.05, 4.69) is 11.9 Å². The van der Waals surface area contributed by atoms with E-state index in [1.807, 2.05) is 25.1 Å². The Morgan fingerprint density at radius 1 is 1.47 bits per heavy atom. The average molecular weight is 280 g/mol. The lowest BCUT2D eigenvalue weighted by molar-refractivity contribution is -0.144. The van der Waals surface area contributed by atoms with Crippen LogP contribution in [-0.4, -0.2) is 18.1 Å². The van der Waals surface area contributed by atoms with Gasteiger partial charge in [-0.1, -0.05) is 25.4 Å². The Hall–Kier alpha value is -1.48. The van der Waals surface area contributed by atoms with Crippen LogP contribution in [0.3, 0.4) is 0 Å². The van der Waals surface area contributed by atoms with E-state index < -0.39 is 0 Å². The van der Waals surface area contributed by atoms with Gasteiger partial charge < -0.3 is 9.72 Å². The van der Waals surface area contributed by atoms with Gasteiger partial charge in [0.25, 0.3) is 0 Å². The molecule has 0 saturated carbocycles. The third-order valence-corrected chi connectivity index (χ3v) is 3.66. The maximum absolute atomic E-state index is 11.6. The highest BCUT2D eigenvalue weighted by molar-refractivity contribution is 6.31. The number of benzene rings is 1. The van der Waals surface area contributed by atoms with Crippen molar-refractivity contribution >= 4 is 28.5 Å². The maximum atomic E-state index is 11.6. The molecule has 0 radical (unpaired) electrons. The minimum Gasteiger partial charge on any atom is -0.469 e. The van der Waals surface area contributed by atoms with Crippen molar-refractivity contribution in [2.45, 2.75) is 26.7 Å². The van der Waals surface area contributed by atoms with Crippen LogP contribution in [0.15, 0.2) is 18.2 Å². The van der Waals surface area contributed by atoms with Crippen molar-refractivity contribution in [3.05, 3.63) is 34.5 Å². The van der Waals surface area contributed by atoms with Crippen LogP contribution in [0, 0.1) is 5.92 Å². The molecule has 0 fully saturated rings. The van der Waals surface area contributed by atoms with Gasteiger partial charge in [0.15, 0.2) is 0 Å². The van der Waals surface area contributed by atoms with Gasteiger partial charge in [-0.15, -0.1) is 0 Å². The zero-order valence-corrected chi connectivity index (χ0v) is 12.2. The molecule has 0 bridgehead atoms. The summed E-state index contributed by atoms with van der Waals surface area (Å²) < 4.78 is 4.79. The SMILES string of the molecule is CCc1[nH]c2ccc(Cl)cc2c1CC(C)C(=O)OC. The molecule has 4 heteroatoms. The molecule has 1 aromatic carbocycles. The first-order valence-corrected chi connectivity index (χ1v) is 6.81. The second-order valence-electron chi connectivity index (χ2n) is 4.75. The van der Waals surface area contributed by atoms with Gasteiger partial charge in [-0.3, -0.25) is 4.79 Å². The Morgan fingerprint density at radius 2 is 2.21 bits per heavy atom. The highest BCUT2D eigenvalue weighted by atomic mass is 35.5. The van der Waals surface area contributed by atoms with Gasteiger partial charge in [0.05, 0.1) is 13.0 Å². The van der Waals surface area contributed by atoms with Gasteiger partial charge in [-0.05, 0) is 36.6 Å². The lowest BCUT2D eigenvalue weighted by Gasteiger charge is -2.10. The van der Waals surface area contributed by atoms with E-state index in [4.69, 9.17) is 16.3 Å². The number of rotatable bonds is 4. The number of aromatic nitrogens is 1. The molecule has 1 aromatic heterocycles. The van der Waals surface area contributed by atoms with Crippen LogP contribution in [0.5, 0.6) is 0 Å². The minimum absolute atomic E-state index is 0.159.